The number of esters is 1. The van der Waals surface area contributed by atoms with E-state index in [0.717, 1.165) is 16.8 Å². The Balaban J connectivity index is 1.89. The van der Waals surface area contributed by atoms with Crippen molar-refractivity contribution >= 4 is 28.9 Å². The van der Waals surface area contributed by atoms with Gasteiger partial charge in [0.2, 0.25) is 0 Å². The van der Waals surface area contributed by atoms with Crippen LogP contribution < -0.4 is 5.32 Å². The lowest BCUT2D eigenvalue weighted by molar-refractivity contribution is -0.119. The Morgan fingerprint density at radius 2 is 1.90 bits per heavy atom. The molecular formula is C15H15NO3S. The number of thiophene rings is 1. The Labute approximate surface area is 121 Å². The van der Waals surface area contributed by atoms with Crippen molar-refractivity contribution in [3.05, 3.63) is 51.7 Å². The lowest BCUT2D eigenvalue weighted by Crippen LogP contribution is -2.21. The lowest BCUT2D eigenvalue weighted by Gasteiger charge is -2.08. The van der Waals surface area contributed by atoms with Crippen molar-refractivity contribution in [2.24, 2.45) is 0 Å². The highest BCUT2D eigenvalue weighted by atomic mass is 32.1. The van der Waals surface area contributed by atoms with Crippen LogP contribution in [0, 0.1) is 13.8 Å². The van der Waals surface area contributed by atoms with Gasteiger partial charge in [-0.25, -0.2) is 4.79 Å². The van der Waals surface area contributed by atoms with Crippen LogP contribution in [0.3, 0.4) is 0 Å². The van der Waals surface area contributed by atoms with E-state index in [1.807, 2.05) is 43.5 Å². The van der Waals surface area contributed by atoms with Crippen LogP contribution in [-0.4, -0.2) is 18.5 Å². The van der Waals surface area contributed by atoms with Crippen LogP contribution in [0.5, 0.6) is 0 Å². The summed E-state index contributed by atoms with van der Waals surface area (Å²) in [6.45, 7) is 3.45. The molecule has 0 aliphatic carbocycles. The normalized spacial score (nSPS) is 10.1. The molecule has 1 heterocycles. The summed E-state index contributed by atoms with van der Waals surface area (Å²) in [7, 11) is 0. The van der Waals surface area contributed by atoms with Gasteiger partial charge in [0.15, 0.2) is 6.61 Å². The molecule has 1 aromatic heterocycles. The van der Waals surface area contributed by atoms with E-state index in [1.165, 1.54) is 11.3 Å². The smallest absolute Gasteiger partial charge is 0.349 e. The molecule has 4 nitrogen and oxygen atoms in total. The minimum Gasteiger partial charge on any atom is -0.451 e. The van der Waals surface area contributed by atoms with Crippen molar-refractivity contribution in [2.75, 3.05) is 11.9 Å². The number of hydrogen-bond acceptors (Lipinski definition) is 4. The van der Waals surface area contributed by atoms with Crippen LogP contribution in [0.2, 0.25) is 0 Å². The largest absolute Gasteiger partial charge is 0.451 e. The first-order chi connectivity index (χ1) is 9.58. The second kappa shape index (κ2) is 6.34. The average Bonchev–Trinajstić information content (AvgIpc) is 2.85. The predicted molar refractivity (Wildman–Crippen MR) is 79.1 cm³/mol. The standard InChI is InChI=1S/C15H15NO3S/c1-10-5-3-4-6-12(10)16-13(17)9-19-15(18)14-11(2)7-8-20-14/h3-8H,9H2,1-2H3,(H,16,17). The maximum Gasteiger partial charge on any atom is 0.349 e. The van der Waals surface area contributed by atoms with E-state index in [1.54, 1.807) is 6.07 Å². The number of para-hydroxylation sites is 1. The second-order valence-corrected chi connectivity index (χ2v) is 5.29. The summed E-state index contributed by atoms with van der Waals surface area (Å²) in [5.41, 5.74) is 2.54. The number of nitrogens with one attached hydrogen (secondary N) is 1. The molecule has 0 spiro atoms. The molecule has 20 heavy (non-hydrogen) atoms. The quantitative estimate of drug-likeness (QED) is 0.880. The van der Waals surface area contributed by atoms with E-state index in [0.29, 0.717) is 4.88 Å². The Bertz CT molecular complexity index is 634. The average molecular weight is 289 g/mol. The van der Waals surface area contributed by atoms with Crippen LogP contribution in [0.4, 0.5) is 5.69 Å². The highest BCUT2D eigenvalue weighted by Crippen LogP contribution is 2.17. The van der Waals surface area contributed by atoms with Gasteiger partial charge in [-0.05, 0) is 42.5 Å². The van der Waals surface area contributed by atoms with E-state index < -0.39 is 5.97 Å². The first kappa shape index (κ1) is 14.3. The zero-order valence-corrected chi connectivity index (χ0v) is 12.1. The third kappa shape index (κ3) is 3.45. The van der Waals surface area contributed by atoms with Gasteiger partial charge in [0.1, 0.15) is 4.88 Å². The van der Waals surface area contributed by atoms with Gasteiger partial charge >= 0.3 is 5.97 Å². The van der Waals surface area contributed by atoms with Gasteiger partial charge in [-0.3, -0.25) is 4.79 Å². The minimum atomic E-state index is -0.461. The molecule has 0 aliphatic heterocycles. The Kier molecular flexibility index (Phi) is 4.53. The molecule has 2 aromatic rings. The van der Waals surface area contributed by atoms with E-state index in [4.69, 9.17) is 4.74 Å². The van der Waals surface area contributed by atoms with E-state index >= 15 is 0 Å². The van der Waals surface area contributed by atoms with E-state index in [-0.39, 0.29) is 12.5 Å². The van der Waals surface area contributed by atoms with Gasteiger partial charge in [-0.1, -0.05) is 18.2 Å². The summed E-state index contributed by atoms with van der Waals surface area (Å²) >= 11 is 1.31. The fourth-order valence-electron chi connectivity index (χ4n) is 1.68. The molecule has 0 atom stereocenters. The fourth-order valence-corrected chi connectivity index (χ4v) is 2.50. The number of carbonyl (C=O) groups excluding carboxylic acids is 2. The maximum absolute atomic E-state index is 11.8. The molecule has 0 unspecified atom stereocenters. The van der Waals surface area contributed by atoms with Gasteiger partial charge in [-0.15, -0.1) is 11.3 Å². The molecule has 0 saturated carbocycles. The van der Waals surface area contributed by atoms with Gasteiger partial charge in [0.25, 0.3) is 5.91 Å². The van der Waals surface area contributed by atoms with Crippen LogP contribution in [0.25, 0.3) is 0 Å². The molecule has 0 radical (unpaired) electrons. The van der Waals surface area contributed by atoms with Crippen LogP contribution in [0.15, 0.2) is 35.7 Å². The van der Waals surface area contributed by atoms with E-state index in [9.17, 15) is 9.59 Å². The molecule has 2 rings (SSSR count). The molecular weight excluding hydrogens is 274 g/mol. The van der Waals surface area contributed by atoms with Crippen molar-refractivity contribution in [1.29, 1.82) is 0 Å². The van der Waals surface area contributed by atoms with Crippen LogP contribution in [0.1, 0.15) is 20.8 Å². The second-order valence-electron chi connectivity index (χ2n) is 4.37. The molecule has 0 saturated heterocycles. The number of hydrogen-bond donors (Lipinski definition) is 1. The monoisotopic (exact) mass is 289 g/mol. The molecule has 104 valence electrons. The van der Waals surface area contributed by atoms with Crippen LogP contribution in [-0.2, 0) is 9.53 Å². The summed E-state index contributed by atoms with van der Waals surface area (Å²) < 4.78 is 5.00. The number of aryl methyl sites for hydroxylation is 2. The zero-order valence-electron chi connectivity index (χ0n) is 11.3. The Morgan fingerprint density at radius 3 is 2.55 bits per heavy atom. The maximum atomic E-state index is 11.8. The summed E-state index contributed by atoms with van der Waals surface area (Å²) in [6, 6.07) is 9.28. The number of rotatable bonds is 4. The van der Waals surface area contributed by atoms with Crippen LogP contribution >= 0.6 is 11.3 Å². The third-order valence-electron chi connectivity index (χ3n) is 2.80. The molecule has 0 fully saturated rings. The highest BCUT2D eigenvalue weighted by Gasteiger charge is 2.14. The lowest BCUT2D eigenvalue weighted by atomic mass is 10.2. The molecule has 5 heteroatoms. The topological polar surface area (TPSA) is 55.4 Å². The van der Waals surface area contributed by atoms with Gasteiger partial charge in [-0.2, -0.15) is 0 Å². The summed E-state index contributed by atoms with van der Waals surface area (Å²) in [4.78, 5) is 24.0. The number of amides is 1. The van der Waals surface area contributed by atoms with Gasteiger partial charge < -0.3 is 10.1 Å². The number of benzene rings is 1. The van der Waals surface area contributed by atoms with Crippen molar-refractivity contribution in [3.8, 4) is 0 Å². The van der Waals surface area contributed by atoms with Crippen molar-refractivity contribution in [3.63, 3.8) is 0 Å². The number of anilines is 1. The molecule has 1 aromatic carbocycles. The molecule has 1 amide bonds. The highest BCUT2D eigenvalue weighted by molar-refractivity contribution is 7.12. The van der Waals surface area contributed by atoms with Crippen molar-refractivity contribution < 1.29 is 14.3 Å². The predicted octanol–water partition coefficient (Wildman–Crippen LogP) is 3.16. The first-order valence-corrected chi connectivity index (χ1v) is 7.02. The Morgan fingerprint density at radius 1 is 1.15 bits per heavy atom. The van der Waals surface area contributed by atoms with Gasteiger partial charge in [0, 0.05) is 5.69 Å². The molecule has 0 aliphatic rings. The summed E-state index contributed by atoms with van der Waals surface area (Å²) in [5, 5.41) is 4.53. The minimum absolute atomic E-state index is 0.287. The molecule has 1 N–H and O–H groups in total. The first-order valence-electron chi connectivity index (χ1n) is 6.14. The zero-order chi connectivity index (χ0) is 14.5. The van der Waals surface area contributed by atoms with Crippen molar-refractivity contribution in [1.82, 2.24) is 0 Å². The third-order valence-corrected chi connectivity index (χ3v) is 3.80. The summed E-state index contributed by atoms with van der Waals surface area (Å²) in [5.74, 6) is -0.806. The summed E-state index contributed by atoms with van der Waals surface area (Å²) in [6.07, 6.45) is 0. The number of ether oxygens (including phenoxy) is 1. The van der Waals surface area contributed by atoms with E-state index in [2.05, 4.69) is 5.32 Å². The van der Waals surface area contributed by atoms with Crippen molar-refractivity contribution in [2.45, 2.75) is 13.8 Å². The number of carbonyl (C=O) groups is 2. The fraction of sp³-hybridized carbons (Fsp3) is 0.200. The molecule has 0 bridgehead atoms. The Hall–Kier alpha value is -2.14. The SMILES string of the molecule is Cc1ccccc1NC(=O)COC(=O)c1sccc1C. The van der Waals surface area contributed by atoms with Gasteiger partial charge in [0.05, 0.1) is 0 Å².